The van der Waals surface area contributed by atoms with Gasteiger partial charge in [0.2, 0.25) is 11.8 Å². The molecule has 3 saturated heterocycles. The van der Waals surface area contributed by atoms with Crippen molar-refractivity contribution in [2.75, 3.05) is 20.1 Å². The Bertz CT molecular complexity index is 672. The minimum atomic E-state index is -0.0454. The fraction of sp³-hybridized carbons (Fsp3) is 0.636. The summed E-state index contributed by atoms with van der Waals surface area (Å²) in [6.07, 6.45) is 6.88. The number of likely N-dealkylation sites (tertiary alicyclic amines) is 1. The predicted molar refractivity (Wildman–Crippen MR) is 112 cm³/mol. The van der Waals surface area contributed by atoms with Crippen LogP contribution in [-0.4, -0.2) is 59.9 Å². The van der Waals surface area contributed by atoms with Gasteiger partial charge in [0.15, 0.2) is 0 Å². The molecule has 3 unspecified atom stereocenters. The highest BCUT2D eigenvalue weighted by Crippen LogP contribution is 2.30. The molecular formula is C22H32ClN3O2. The second-order valence-electron chi connectivity index (χ2n) is 8.55. The van der Waals surface area contributed by atoms with Crippen molar-refractivity contribution in [3.8, 4) is 0 Å². The number of hydrogen-bond donors (Lipinski definition) is 1. The van der Waals surface area contributed by atoms with E-state index >= 15 is 0 Å². The van der Waals surface area contributed by atoms with Gasteiger partial charge in [0.05, 0.1) is 12.3 Å². The van der Waals surface area contributed by atoms with E-state index in [1.54, 1.807) is 0 Å². The van der Waals surface area contributed by atoms with E-state index in [9.17, 15) is 9.59 Å². The van der Waals surface area contributed by atoms with Gasteiger partial charge in [-0.2, -0.15) is 0 Å². The monoisotopic (exact) mass is 405 g/mol. The zero-order valence-electron chi connectivity index (χ0n) is 16.7. The van der Waals surface area contributed by atoms with Gasteiger partial charge in [-0.05, 0) is 44.1 Å². The third kappa shape index (κ3) is 4.69. The number of hydrogen-bond acceptors (Lipinski definition) is 3. The lowest BCUT2D eigenvalue weighted by Gasteiger charge is -2.39. The van der Waals surface area contributed by atoms with Crippen LogP contribution in [0.15, 0.2) is 30.3 Å². The van der Waals surface area contributed by atoms with Gasteiger partial charge in [-0.3, -0.25) is 9.59 Å². The number of nitrogens with one attached hydrogen (secondary N) is 1. The fourth-order valence-electron chi connectivity index (χ4n) is 5.10. The second-order valence-corrected chi connectivity index (χ2v) is 8.55. The highest BCUT2D eigenvalue weighted by atomic mass is 35.5. The number of nitrogens with zero attached hydrogens (tertiary/aromatic N) is 2. The quantitative estimate of drug-likeness (QED) is 0.837. The Morgan fingerprint density at radius 1 is 1.11 bits per heavy atom. The average Bonchev–Trinajstić information content (AvgIpc) is 3.05. The number of rotatable bonds is 4. The van der Waals surface area contributed by atoms with Crippen LogP contribution in [0.3, 0.4) is 0 Å². The first-order chi connectivity index (χ1) is 13.1. The summed E-state index contributed by atoms with van der Waals surface area (Å²) < 4.78 is 0. The smallest absolute Gasteiger partial charge is 0.227 e. The van der Waals surface area contributed by atoms with Gasteiger partial charge in [0, 0.05) is 38.3 Å². The van der Waals surface area contributed by atoms with Gasteiger partial charge in [-0.1, -0.05) is 30.3 Å². The third-order valence-electron chi connectivity index (χ3n) is 6.67. The average molecular weight is 406 g/mol. The Balaban J connectivity index is 0.00000225. The molecule has 3 aliphatic heterocycles. The lowest BCUT2D eigenvalue weighted by Crippen LogP contribution is -2.52. The van der Waals surface area contributed by atoms with E-state index in [4.69, 9.17) is 0 Å². The van der Waals surface area contributed by atoms with Crippen molar-refractivity contribution < 1.29 is 9.59 Å². The highest BCUT2D eigenvalue weighted by molar-refractivity contribution is 5.85. The summed E-state index contributed by atoms with van der Waals surface area (Å²) in [6.45, 7) is 1.35. The summed E-state index contributed by atoms with van der Waals surface area (Å²) in [7, 11) is 1.97. The summed E-state index contributed by atoms with van der Waals surface area (Å²) >= 11 is 0. The van der Waals surface area contributed by atoms with Crippen molar-refractivity contribution in [1.82, 2.24) is 15.1 Å². The SMILES string of the molecule is CN(C(=O)C1CCCN(C(=O)Cc2ccccc2)C1)C1CC2CCC(C1)N2.Cl. The topological polar surface area (TPSA) is 52.7 Å². The summed E-state index contributed by atoms with van der Waals surface area (Å²) in [4.78, 5) is 29.7. The van der Waals surface area contributed by atoms with Crippen molar-refractivity contribution >= 4 is 24.2 Å². The second kappa shape index (κ2) is 9.27. The molecule has 1 aromatic rings. The maximum Gasteiger partial charge on any atom is 0.227 e. The van der Waals surface area contributed by atoms with E-state index in [0.717, 1.165) is 37.8 Å². The molecule has 0 aliphatic carbocycles. The lowest BCUT2D eigenvalue weighted by atomic mass is 9.93. The molecule has 1 N–H and O–H groups in total. The fourth-order valence-corrected chi connectivity index (χ4v) is 5.10. The molecule has 0 spiro atoms. The molecule has 0 aromatic heterocycles. The number of halogens is 1. The first-order valence-corrected chi connectivity index (χ1v) is 10.4. The molecule has 28 heavy (non-hydrogen) atoms. The number of carbonyl (C=O) groups is 2. The molecule has 3 fully saturated rings. The molecule has 2 bridgehead atoms. The molecule has 0 saturated carbocycles. The summed E-state index contributed by atoms with van der Waals surface area (Å²) in [5.41, 5.74) is 1.04. The van der Waals surface area contributed by atoms with E-state index < -0.39 is 0 Å². The van der Waals surface area contributed by atoms with Gasteiger partial charge in [-0.15, -0.1) is 12.4 Å². The Kier molecular flexibility index (Phi) is 7.00. The first-order valence-electron chi connectivity index (χ1n) is 10.4. The number of benzene rings is 1. The van der Waals surface area contributed by atoms with Gasteiger partial charge in [-0.25, -0.2) is 0 Å². The van der Waals surface area contributed by atoms with Crippen LogP contribution in [0.4, 0.5) is 0 Å². The maximum absolute atomic E-state index is 13.1. The molecule has 3 aliphatic rings. The van der Waals surface area contributed by atoms with Crippen LogP contribution in [0.1, 0.15) is 44.1 Å². The highest BCUT2D eigenvalue weighted by Gasteiger charge is 2.38. The number of carbonyl (C=O) groups excluding carboxylic acids is 2. The molecular weight excluding hydrogens is 374 g/mol. The largest absolute Gasteiger partial charge is 0.342 e. The van der Waals surface area contributed by atoms with Crippen LogP contribution in [0.25, 0.3) is 0 Å². The van der Waals surface area contributed by atoms with Crippen LogP contribution >= 0.6 is 12.4 Å². The van der Waals surface area contributed by atoms with Crippen molar-refractivity contribution in [3.63, 3.8) is 0 Å². The Morgan fingerprint density at radius 3 is 2.46 bits per heavy atom. The molecule has 4 rings (SSSR count). The van der Waals surface area contributed by atoms with Crippen LogP contribution in [0.5, 0.6) is 0 Å². The van der Waals surface area contributed by atoms with E-state index in [1.165, 1.54) is 12.8 Å². The van der Waals surface area contributed by atoms with Crippen LogP contribution in [-0.2, 0) is 16.0 Å². The van der Waals surface area contributed by atoms with Crippen LogP contribution < -0.4 is 5.32 Å². The van der Waals surface area contributed by atoms with Crippen molar-refractivity contribution in [2.24, 2.45) is 5.92 Å². The number of amides is 2. The predicted octanol–water partition coefficient (Wildman–Crippen LogP) is 2.63. The molecule has 2 amide bonds. The molecule has 3 heterocycles. The van der Waals surface area contributed by atoms with Gasteiger partial charge in [0.25, 0.3) is 0 Å². The Labute approximate surface area is 174 Å². The molecule has 6 heteroatoms. The van der Waals surface area contributed by atoms with Crippen molar-refractivity contribution in [3.05, 3.63) is 35.9 Å². The Morgan fingerprint density at radius 2 is 1.79 bits per heavy atom. The van der Waals surface area contributed by atoms with E-state index in [2.05, 4.69) is 5.32 Å². The van der Waals surface area contributed by atoms with Gasteiger partial charge < -0.3 is 15.1 Å². The number of fused-ring (bicyclic) bond motifs is 2. The third-order valence-corrected chi connectivity index (χ3v) is 6.67. The standard InChI is InChI=1S/C22H31N3O2.ClH/c1-24(20-13-18-9-10-19(14-20)23-18)22(27)17-8-5-11-25(15-17)21(26)12-16-6-3-2-4-7-16;/h2-4,6-7,17-20,23H,5,8-15H2,1H3;1H. The number of piperidine rings is 2. The van der Waals surface area contributed by atoms with Crippen LogP contribution in [0, 0.1) is 5.92 Å². The zero-order valence-corrected chi connectivity index (χ0v) is 17.5. The van der Waals surface area contributed by atoms with Crippen molar-refractivity contribution in [2.45, 2.75) is 63.1 Å². The Hall–Kier alpha value is -1.59. The normalized spacial score (nSPS) is 29.1. The van der Waals surface area contributed by atoms with E-state index in [-0.39, 0.29) is 30.1 Å². The summed E-state index contributed by atoms with van der Waals surface area (Å²) in [6, 6.07) is 11.4. The minimum absolute atomic E-state index is 0. The van der Waals surface area contributed by atoms with Crippen molar-refractivity contribution in [1.29, 1.82) is 0 Å². The van der Waals surface area contributed by atoms with Gasteiger partial charge >= 0.3 is 0 Å². The van der Waals surface area contributed by atoms with Gasteiger partial charge in [0.1, 0.15) is 0 Å². The van der Waals surface area contributed by atoms with E-state index in [1.807, 2.05) is 47.2 Å². The van der Waals surface area contributed by atoms with Crippen LogP contribution in [0.2, 0.25) is 0 Å². The van der Waals surface area contributed by atoms with E-state index in [0.29, 0.717) is 31.1 Å². The zero-order chi connectivity index (χ0) is 18.8. The summed E-state index contributed by atoms with van der Waals surface area (Å²) in [5, 5.41) is 3.65. The molecule has 3 atom stereocenters. The molecule has 1 aromatic carbocycles. The maximum atomic E-state index is 13.1. The summed E-state index contributed by atoms with van der Waals surface area (Å²) in [5.74, 6) is 0.329. The molecule has 5 nitrogen and oxygen atoms in total. The lowest BCUT2D eigenvalue weighted by molar-refractivity contribution is -0.141. The first kappa shape index (κ1) is 21.1. The molecule has 0 radical (unpaired) electrons. The minimum Gasteiger partial charge on any atom is -0.342 e. The molecule has 154 valence electrons.